The highest BCUT2D eigenvalue weighted by Gasteiger charge is 2.35. The second-order valence-corrected chi connectivity index (χ2v) is 10.7. The third-order valence-electron chi connectivity index (χ3n) is 8.39. The Hall–Kier alpha value is -2.69. The van der Waals surface area contributed by atoms with Crippen molar-refractivity contribution < 1.29 is 22.0 Å². The summed E-state index contributed by atoms with van der Waals surface area (Å²) in [7, 11) is 0. The molecule has 5 rings (SSSR count). The van der Waals surface area contributed by atoms with E-state index in [1.54, 1.807) is 12.1 Å². The van der Waals surface area contributed by atoms with E-state index >= 15 is 17.6 Å². The lowest BCUT2D eigenvalue weighted by molar-refractivity contribution is 0.298. The van der Waals surface area contributed by atoms with Crippen molar-refractivity contribution in [2.75, 3.05) is 0 Å². The molecule has 1 saturated carbocycles. The minimum Gasteiger partial charge on any atom is -0.206 e. The minimum atomic E-state index is -1.29. The third-order valence-corrected chi connectivity index (χ3v) is 8.39. The van der Waals surface area contributed by atoms with Crippen LogP contribution in [0.5, 0.6) is 0 Å². The molecule has 0 bridgehead atoms. The predicted molar refractivity (Wildman–Crippen MR) is 139 cm³/mol. The average Bonchev–Trinajstić information content (AvgIpc) is 2.88. The molecule has 0 saturated heterocycles. The van der Waals surface area contributed by atoms with Crippen LogP contribution in [0, 0.1) is 35.0 Å². The van der Waals surface area contributed by atoms with Crippen molar-refractivity contribution in [2.45, 2.75) is 84.0 Å². The Kier molecular flexibility index (Phi) is 7.42. The molecule has 0 radical (unpaired) electrons. The molecule has 3 aromatic carbocycles. The largest absolute Gasteiger partial charge is 0.206 e. The normalized spacial score (nSPS) is 18.4. The van der Waals surface area contributed by atoms with E-state index in [1.165, 1.54) is 43.9 Å². The molecule has 0 spiro atoms. The van der Waals surface area contributed by atoms with E-state index in [1.807, 2.05) is 6.92 Å². The van der Waals surface area contributed by atoms with Crippen LogP contribution >= 0.6 is 0 Å². The molecule has 0 nitrogen and oxygen atoms in total. The fourth-order valence-corrected chi connectivity index (χ4v) is 6.30. The zero-order chi connectivity index (χ0) is 26.3. The van der Waals surface area contributed by atoms with Gasteiger partial charge in [-0.15, -0.1) is 0 Å². The van der Waals surface area contributed by atoms with Crippen LogP contribution in [-0.2, 0) is 6.42 Å². The van der Waals surface area contributed by atoms with Gasteiger partial charge in [-0.05, 0) is 72.3 Å². The zero-order valence-corrected chi connectivity index (χ0v) is 21.5. The van der Waals surface area contributed by atoms with Gasteiger partial charge in [-0.3, -0.25) is 0 Å². The fraction of sp³-hybridized carbons (Fsp3) is 0.438. The van der Waals surface area contributed by atoms with Crippen molar-refractivity contribution in [1.82, 2.24) is 0 Å². The number of benzene rings is 3. The van der Waals surface area contributed by atoms with E-state index in [2.05, 4.69) is 6.92 Å². The van der Waals surface area contributed by atoms with Gasteiger partial charge >= 0.3 is 0 Å². The van der Waals surface area contributed by atoms with Crippen molar-refractivity contribution in [3.8, 4) is 33.4 Å². The van der Waals surface area contributed by atoms with Gasteiger partial charge in [0.05, 0.1) is 0 Å². The summed E-state index contributed by atoms with van der Waals surface area (Å²) in [5.74, 6) is -4.63. The van der Waals surface area contributed by atoms with Gasteiger partial charge in [-0.2, -0.15) is 0 Å². The number of hydrogen-bond donors (Lipinski definition) is 0. The summed E-state index contributed by atoms with van der Waals surface area (Å²) < 4.78 is 75.9. The zero-order valence-electron chi connectivity index (χ0n) is 21.5. The minimum absolute atomic E-state index is 0.0659. The van der Waals surface area contributed by atoms with Gasteiger partial charge in [-0.25, -0.2) is 22.0 Å². The highest BCUT2D eigenvalue weighted by Crippen LogP contribution is 2.53. The highest BCUT2D eigenvalue weighted by atomic mass is 19.2. The van der Waals surface area contributed by atoms with Gasteiger partial charge in [0.15, 0.2) is 23.3 Å². The summed E-state index contributed by atoms with van der Waals surface area (Å²) in [5.41, 5.74) is 0.823. The Labute approximate surface area is 215 Å². The van der Waals surface area contributed by atoms with Gasteiger partial charge in [-0.1, -0.05) is 70.2 Å². The van der Waals surface area contributed by atoms with Gasteiger partial charge in [0.25, 0.3) is 0 Å². The number of hydrogen-bond acceptors (Lipinski definition) is 0. The van der Waals surface area contributed by atoms with Crippen LogP contribution in [0.1, 0.15) is 88.7 Å². The molecule has 196 valence electrons. The molecule has 1 fully saturated rings. The first-order valence-corrected chi connectivity index (χ1v) is 13.7. The quantitative estimate of drug-likeness (QED) is 0.163. The van der Waals surface area contributed by atoms with E-state index in [0.717, 1.165) is 32.1 Å². The maximum Gasteiger partial charge on any atom is 0.168 e. The summed E-state index contributed by atoms with van der Waals surface area (Å²) in [4.78, 5) is 0. The van der Waals surface area contributed by atoms with E-state index in [-0.39, 0.29) is 28.2 Å². The van der Waals surface area contributed by atoms with Gasteiger partial charge in [0, 0.05) is 22.3 Å². The van der Waals surface area contributed by atoms with E-state index in [0.29, 0.717) is 34.6 Å². The number of aryl methyl sites for hydroxylation is 1. The van der Waals surface area contributed by atoms with Crippen LogP contribution in [0.2, 0.25) is 0 Å². The van der Waals surface area contributed by atoms with Crippen molar-refractivity contribution in [3.05, 3.63) is 70.5 Å². The molecule has 3 aromatic rings. The van der Waals surface area contributed by atoms with Gasteiger partial charge in [0.1, 0.15) is 5.82 Å². The molecule has 2 aliphatic rings. The fourth-order valence-electron chi connectivity index (χ4n) is 6.30. The molecule has 0 atom stereocenters. The van der Waals surface area contributed by atoms with Crippen molar-refractivity contribution >= 4 is 0 Å². The molecular weight excluding hydrogens is 479 g/mol. The smallest absolute Gasteiger partial charge is 0.168 e. The van der Waals surface area contributed by atoms with Crippen LogP contribution in [0.25, 0.3) is 33.4 Å². The van der Waals surface area contributed by atoms with Crippen LogP contribution in [0.4, 0.5) is 22.0 Å². The van der Waals surface area contributed by atoms with Crippen LogP contribution < -0.4 is 0 Å². The average molecular weight is 513 g/mol. The summed E-state index contributed by atoms with van der Waals surface area (Å²) >= 11 is 0. The standard InChI is InChI=1S/C32H33F5/c1-3-5-6-8-18-9-11-19(12-10-18)21-15-16-23(30(35)29(21)34)25-17-24-22-14-13-20(7-4-2)28(33)26(22)27(24)32(37)31(25)36/h13-19H,3-12H2,1-2H3. The van der Waals surface area contributed by atoms with Crippen molar-refractivity contribution in [2.24, 2.45) is 5.92 Å². The molecule has 0 unspecified atom stereocenters. The first kappa shape index (κ1) is 25.9. The number of halogens is 5. The van der Waals surface area contributed by atoms with Crippen molar-refractivity contribution in [1.29, 1.82) is 0 Å². The lowest BCUT2D eigenvalue weighted by atomic mass is 9.76. The van der Waals surface area contributed by atoms with Gasteiger partial charge < -0.3 is 0 Å². The van der Waals surface area contributed by atoms with E-state index < -0.39 is 29.1 Å². The van der Waals surface area contributed by atoms with E-state index in [4.69, 9.17) is 0 Å². The Balaban J connectivity index is 1.42. The number of unbranched alkanes of at least 4 members (excludes halogenated alkanes) is 2. The highest BCUT2D eigenvalue weighted by molar-refractivity contribution is 6.04. The summed E-state index contributed by atoms with van der Waals surface area (Å²) in [6.07, 6.45) is 9.62. The maximum atomic E-state index is 15.3. The first-order chi connectivity index (χ1) is 17.9. The lowest BCUT2D eigenvalue weighted by Crippen LogP contribution is -2.15. The molecule has 0 aliphatic heterocycles. The summed E-state index contributed by atoms with van der Waals surface area (Å²) in [6, 6.07) is 7.53. The Morgan fingerprint density at radius 2 is 1.30 bits per heavy atom. The topological polar surface area (TPSA) is 0 Å². The van der Waals surface area contributed by atoms with Gasteiger partial charge in [0.2, 0.25) is 0 Å². The maximum absolute atomic E-state index is 15.3. The molecule has 0 N–H and O–H groups in total. The molecule has 0 aromatic heterocycles. The summed E-state index contributed by atoms with van der Waals surface area (Å²) in [5, 5.41) is 0. The molecule has 37 heavy (non-hydrogen) atoms. The Morgan fingerprint density at radius 1 is 0.622 bits per heavy atom. The Morgan fingerprint density at radius 3 is 2.00 bits per heavy atom. The second kappa shape index (κ2) is 10.6. The Bertz CT molecular complexity index is 1320. The molecule has 5 heteroatoms. The first-order valence-electron chi connectivity index (χ1n) is 13.7. The van der Waals surface area contributed by atoms with Crippen LogP contribution in [0.15, 0.2) is 30.3 Å². The van der Waals surface area contributed by atoms with Crippen molar-refractivity contribution in [3.63, 3.8) is 0 Å². The SMILES string of the molecule is CCCCCC1CCC(c2ccc(-c3cc4c(c(F)c3F)-c3c-4ccc(CCC)c3F)c(F)c2F)CC1. The summed E-state index contributed by atoms with van der Waals surface area (Å²) in [6.45, 7) is 4.10. The molecule has 0 heterocycles. The predicted octanol–water partition coefficient (Wildman–Crippen LogP) is 10.5. The number of fused-ring (bicyclic) bond motifs is 4. The number of rotatable bonds is 8. The van der Waals surface area contributed by atoms with Crippen LogP contribution in [0.3, 0.4) is 0 Å². The third kappa shape index (κ3) is 4.49. The van der Waals surface area contributed by atoms with E-state index in [9.17, 15) is 4.39 Å². The monoisotopic (exact) mass is 512 g/mol. The molecule has 2 aliphatic carbocycles. The lowest BCUT2D eigenvalue weighted by Gasteiger charge is -2.29. The van der Waals surface area contributed by atoms with Crippen LogP contribution in [-0.4, -0.2) is 0 Å². The molecular formula is C32H33F5. The molecule has 0 amide bonds. The second-order valence-electron chi connectivity index (χ2n) is 10.7.